The Balaban J connectivity index is 2.14. The second-order valence-electron chi connectivity index (χ2n) is 5.50. The summed E-state index contributed by atoms with van der Waals surface area (Å²) in [6.07, 6.45) is 0.258. The highest BCUT2D eigenvalue weighted by Gasteiger charge is 2.18. The number of hydrogen-bond acceptors (Lipinski definition) is 5. The summed E-state index contributed by atoms with van der Waals surface area (Å²) in [5.74, 6) is 0.701. The molecule has 0 aliphatic rings. The molecule has 0 N–H and O–H groups in total. The first kappa shape index (κ1) is 16.9. The molecule has 0 spiro atoms. The van der Waals surface area contributed by atoms with Crippen molar-refractivity contribution in [3.05, 3.63) is 87.3 Å². The number of hydrogen-bond donors (Lipinski definition) is 0. The fourth-order valence-electron chi connectivity index (χ4n) is 2.63. The van der Waals surface area contributed by atoms with Crippen LogP contribution in [0.15, 0.2) is 59.4 Å². The Bertz CT molecular complexity index is 1070. The van der Waals surface area contributed by atoms with Gasteiger partial charge in [-0.3, -0.25) is 4.79 Å². The third-order valence-electron chi connectivity index (χ3n) is 3.95. The Morgan fingerprint density at radius 3 is 2.31 bits per heavy atom. The van der Waals surface area contributed by atoms with Crippen LogP contribution in [0.5, 0.6) is 5.75 Å². The third kappa shape index (κ3) is 3.17. The summed E-state index contributed by atoms with van der Waals surface area (Å²) in [6, 6.07) is 19.9. The van der Waals surface area contributed by atoms with Gasteiger partial charge in [0.15, 0.2) is 5.69 Å². The molecular formula is C20H14N4O2. The molecule has 0 radical (unpaired) electrons. The van der Waals surface area contributed by atoms with Gasteiger partial charge in [0.1, 0.15) is 23.5 Å². The Kier molecular flexibility index (Phi) is 4.78. The molecule has 0 atom stereocenters. The predicted octanol–water partition coefficient (Wildman–Crippen LogP) is 2.58. The number of aromatic nitrogens is 2. The van der Waals surface area contributed by atoms with E-state index in [0.717, 1.165) is 10.2 Å². The van der Waals surface area contributed by atoms with Crippen molar-refractivity contribution in [2.75, 3.05) is 7.11 Å². The number of rotatable bonds is 4. The maximum atomic E-state index is 12.7. The summed E-state index contributed by atoms with van der Waals surface area (Å²) in [5, 5.41) is 23.2. The van der Waals surface area contributed by atoms with Crippen LogP contribution in [-0.2, 0) is 6.42 Å². The number of methoxy groups -OCH3 is 1. The third-order valence-corrected chi connectivity index (χ3v) is 3.95. The maximum Gasteiger partial charge on any atom is 0.289 e. The van der Waals surface area contributed by atoms with E-state index in [1.807, 2.05) is 30.3 Å². The zero-order chi connectivity index (χ0) is 18.5. The van der Waals surface area contributed by atoms with E-state index in [0.29, 0.717) is 17.0 Å². The summed E-state index contributed by atoms with van der Waals surface area (Å²) in [7, 11) is 1.57. The van der Waals surface area contributed by atoms with Crippen molar-refractivity contribution in [2.45, 2.75) is 6.42 Å². The highest BCUT2D eigenvalue weighted by Crippen LogP contribution is 2.18. The minimum Gasteiger partial charge on any atom is -0.497 e. The summed E-state index contributed by atoms with van der Waals surface area (Å²) in [5.41, 5.74) is 1.12. The van der Waals surface area contributed by atoms with Gasteiger partial charge < -0.3 is 4.74 Å². The topological polar surface area (TPSA) is 91.7 Å². The van der Waals surface area contributed by atoms with Crippen LogP contribution in [0.4, 0.5) is 0 Å². The summed E-state index contributed by atoms with van der Waals surface area (Å²) in [6.45, 7) is 0. The van der Waals surface area contributed by atoms with Crippen molar-refractivity contribution in [3.63, 3.8) is 0 Å². The average Bonchev–Trinajstić information content (AvgIpc) is 2.69. The molecule has 0 fully saturated rings. The lowest BCUT2D eigenvalue weighted by molar-refractivity contribution is 0.414. The second kappa shape index (κ2) is 7.33. The minimum absolute atomic E-state index is 0.0563. The Labute approximate surface area is 150 Å². The molecule has 0 saturated heterocycles. The maximum absolute atomic E-state index is 12.7. The first-order valence-corrected chi connectivity index (χ1v) is 7.82. The monoisotopic (exact) mass is 342 g/mol. The predicted molar refractivity (Wildman–Crippen MR) is 95.1 cm³/mol. The Hall–Kier alpha value is -3.90. The number of benzene rings is 2. The van der Waals surface area contributed by atoms with Crippen LogP contribution >= 0.6 is 0 Å². The highest BCUT2D eigenvalue weighted by atomic mass is 16.5. The van der Waals surface area contributed by atoms with E-state index >= 15 is 0 Å². The van der Waals surface area contributed by atoms with Crippen molar-refractivity contribution >= 4 is 0 Å². The standard InChI is InChI=1S/C20H14N4O2/c1-26-16-9-7-14(8-10-16)11-17-18(12-21)20(25)24(23-19(17)13-22)15-5-3-2-4-6-15/h2-10H,11H2,1H3. The van der Waals surface area contributed by atoms with Gasteiger partial charge in [0.25, 0.3) is 5.56 Å². The molecule has 3 rings (SSSR count). The lowest BCUT2D eigenvalue weighted by Crippen LogP contribution is -2.27. The van der Waals surface area contributed by atoms with Gasteiger partial charge in [-0.25, -0.2) is 0 Å². The van der Waals surface area contributed by atoms with Crippen LogP contribution in [0.2, 0.25) is 0 Å². The number of nitrogens with zero attached hydrogens (tertiary/aromatic N) is 4. The van der Waals surface area contributed by atoms with Gasteiger partial charge in [-0.1, -0.05) is 30.3 Å². The van der Waals surface area contributed by atoms with Gasteiger partial charge in [-0.05, 0) is 29.8 Å². The molecule has 26 heavy (non-hydrogen) atoms. The molecule has 0 amide bonds. The van der Waals surface area contributed by atoms with Crippen LogP contribution in [-0.4, -0.2) is 16.9 Å². The van der Waals surface area contributed by atoms with Gasteiger partial charge >= 0.3 is 0 Å². The van der Waals surface area contributed by atoms with Gasteiger partial charge in [-0.2, -0.15) is 20.3 Å². The van der Waals surface area contributed by atoms with Crippen molar-refractivity contribution in [1.82, 2.24) is 9.78 Å². The van der Waals surface area contributed by atoms with E-state index in [-0.39, 0.29) is 17.7 Å². The summed E-state index contributed by atoms with van der Waals surface area (Å²) in [4.78, 5) is 12.7. The van der Waals surface area contributed by atoms with Crippen molar-refractivity contribution in [2.24, 2.45) is 0 Å². The zero-order valence-electron chi connectivity index (χ0n) is 14.0. The SMILES string of the molecule is COc1ccc(Cc2c(C#N)nn(-c3ccccc3)c(=O)c2C#N)cc1. The molecule has 3 aromatic rings. The van der Waals surface area contributed by atoms with Crippen molar-refractivity contribution in [3.8, 4) is 23.6 Å². The lowest BCUT2D eigenvalue weighted by Gasteiger charge is -2.11. The first-order chi connectivity index (χ1) is 12.7. The lowest BCUT2D eigenvalue weighted by atomic mass is 10.00. The van der Waals surface area contributed by atoms with Gasteiger partial charge in [0.05, 0.1) is 12.8 Å². The van der Waals surface area contributed by atoms with Crippen LogP contribution in [0.1, 0.15) is 22.4 Å². The molecule has 1 heterocycles. The van der Waals surface area contributed by atoms with Crippen molar-refractivity contribution < 1.29 is 4.74 Å². The van der Waals surface area contributed by atoms with Gasteiger partial charge in [0.2, 0.25) is 0 Å². The quantitative estimate of drug-likeness (QED) is 0.726. The molecule has 6 nitrogen and oxygen atoms in total. The average molecular weight is 342 g/mol. The summed E-state index contributed by atoms with van der Waals surface area (Å²) >= 11 is 0. The molecular weight excluding hydrogens is 328 g/mol. The first-order valence-electron chi connectivity index (χ1n) is 7.82. The molecule has 0 bridgehead atoms. The molecule has 0 aliphatic carbocycles. The largest absolute Gasteiger partial charge is 0.497 e. The summed E-state index contributed by atoms with van der Waals surface area (Å²) < 4.78 is 6.21. The van der Waals surface area contributed by atoms with E-state index in [2.05, 4.69) is 5.10 Å². The zero-order valence-corrected chi connectivity index (χ0v) is 14.0. The second-order valence-corrected chi connectivity index (χ2v) is 5.50. The van der Waals surface area contributed by atoms with E-state index in [1.54, 1.807) is 43.5 Å². The van der Waals surface area contributed by atoms with E-state index in [4.69, 9.17) is 4.74 Å². The Morgan fingerprint density at radius 2 is 1.73 bits per heavy atom. The van der Waals surface area contributed by atoms with Crippen LogP contribution in [0.3, 0.4) is 0 Å². The molecule has 126 valence electrons. The van der Waals surface area contributed by atoms with Crippen LogP contribution in [0, 0.1) is 22.7 Å². The van der Waals surface area contributed by atoms with Gasteiger partial charge in [-0.15, -0.1) is 0 Å². The van der Waals surface area contributed by atoms with Crippen LogP contribution in [0.25, 0.3) is 5.69 Å². The molecule has 0 unspecified atom stereocenters. The molecule has 6 heteroatoms. The van der Waals surface area contributed by atoms with Crippen LogP contribution < -0.4 is 10.3 Å². The normalized spacial score (nSPS) is 9.96. The minimum atomic E-state index is -0.541. The fraction of sp³-hybridized carbons (Fsp3) is 0.100. The molecule has 0 aliphatic heterocycles. The highest BCUT2D eigenvalue weighted by molar-refractivity contribution is 5.47. The molecule has 0 saturated carbocycles. The number of nitriles is 2. The fourth-order valence-corrected chi connectivity index (χ4v) is 2.63. The number of para-hydroxylation sites is 1. The van der Waals surface area contributed by atoms with Crippen molar-refractivity contribution in [1.29, 1.82) is 10.5 Å². The van der Waals surface area contributed by atoms with E-state index < -0.39 is 5.56 Å². The van der Waals surface area contributed by atoms with Gasteiger partial charge in [0, 0.05) is 12.0 Å². The van der Waals surface area contributed by atoms with E-state index in [1.165, 1.54) is 0 Å². The molecule has 2 aromatic carbocycles. The smallest absolute Gasteiger partial charge is 0.289 e. The molecule has 1 aromatic heterocycles. The van der Waals surface area contributed by atoms with E-state index in [9.17, 15) is 15.3 Å². The number of ether oxygens (including phenoxy) is 1. The Morgan fingerprint density at radius 1 is 1.04 bits per heavy atom.